The van der Waals surface area contributed by atoms with Crippen LogP contribution in [-0.2, 0) is 4.79 Å². The van der Waals surface area contributed by atoms with E-state index in [9.17, 15) is 4.79 Å². The Balaban J connectivity index is 2.58. The summed E-state index contributed by atoms with van der Waals surface area (Å²) >= 11 is 0. The zero-order chi connectivity index (χ0) is 8.43. The van der Waals surface area contributed by atoms with Crippen molar-refractivity contribution in [2.75, 3.05) is 6.54 Å². The van der Waals surface area contributed by atoms with Crippen LogP contribution < -0.4 is 0 Å². The van der Waals surface area contributed by atoms with Gasteiger partial charge in [0.25, 0.3) is 0 Å². The van der Waals surface area contributed by atoms with Crippen molar-refractivity contribution < 1.29 is 19.9 Å². The molecule has 0 aliphatic carbocycles. The van der Waals surface area contributed by atoms with Crippen LogP contribution in [0.4, 0.5) is 0 Å². The fourth-order valence-electron chi connectivity index (χ4n) is 1.33. The Morgan fingerprint density at radius 1 is 1.55 bits per heavy atom. The van der Waals surface area contributed by atoms with Gasteiger partial charge < -0.3 is 15.2 Å². The molecule has 0 unspecified atom stereocenters. The lowest BCUT2D eigenvalue weighted by molar-refractivity contribution is -0.141. The van der Waals surface area contributed by atoms with Crippen molar-refractivity contribution in [3.05, 3.63) is 0 Å². The molecule has 0 bridgehead atoms. The Hall–Kier alpha value is -0.585. The minimum Gasteiger partial charge on any atom is -0.480 e. The van der Waals surface area contributed by atoms with Crippen LogP contribution in [0.25, 0.3) is 0 Å². The number of nitrogens with zero attached hydrogens (tertiary/aromatic N) is 1. The van der Waals surface area contributed by atoms with E-state index >= 15 is 0 Å². The van der Waals surface area contributed by atoms with Crippen LogP contribution in [0.2, 0.25) is 0 Å². The molecular weight excluding hydrogens is 149 g/mol. The lowest BCUT2D eigenvalue weighted by atomic mass is 10.0. The predicted molar refractivity (Wildman–Crippen MR) is 37.6 cm³/mol. The number of carboxylic acids is 1. The van der Waals surface area contributed by atoms with E-state index in [-0.39, 0.29) is 0 Å². The predicted octanol–water partition coefficient (Wildman–Crippen LogP) is -1.50. The molecule has 1 aliphatic heterocycles. The van der Waals surface area contributed by atoms with Crippen LogP contribution in [0.15, 0.2) is 0 Å². The summed E-state index contributed by atoms with van der Waals surface area (Å²) in [7, 11) is -1.64. The van der Waals surface area contributed by atoms with Gasteiger partial charge in [-0.1, -0.05) is 0 Å². The first-order valence-electron chi connectivity index (χ1n) is 3.47. The molecule has 62 valence electrons. The average molecular weight is 159 g/mol. The van der Waals surface area contributed by atoms with Gasteiger partial charge in [0.05, 0.1) is 0 Å². The number of hydrogen-bond acceptors (Lipinski definition) is 4. The maximum absolute atomic E-state index is 10.5. The second kappa shape index (κ2) is 3.21. The fourth-order valence-corrected chi connectivity index (χ4v) is 1.33. The Morgan fingerprint density at radius 2 is 2.18 bits per heavy atom. The van der Waals surface area contributed by atoms with Crippen LogP contribution in [0.1, 0.15) is 12.8 Å². The maximum Gasteiger partial charge on any atom is 0.552 e. The fraction of sp³-hybridized carbons (Fsp3) is 0.800. The van der Waals surface area contributed by atoms with Crippen LogP contribution >= 0.6 is 0 Å². The topological polar surface area (TPSA) is 81.0 Å². The summed E-state index contributed by atoms with van der Waals surface area (Å²) in [5.41, 5.74) is 0. The van der Waals surface area contributed by atoms with Crippen LogP contribution in [0.5, 0.6) is 0 Å². The highest BCUT2D eigenvalue weighted by molar-refractivity contribution is 6.38. The van der Waals surface area contributed by atoms with E-state index in [0.717, 1.165) is 4.81 Å². The Kier molecular flexibility index (Phi) is 2.48. The normalized spacial score (nSPS) is 25.5. The molecule has 1 rings (SSSR count). The van der Waals surface area contributed by atoms with Crippen LogP contribution in [0, 0.1) is 0 Å². The molecule has 0 spiro atoms. The summed E-state index contributed by atoms with van der Waals surface area (Å²) < 4.78 is 0. The number of carboxylic acid groups (broad SMARTS) is 1. The van der Waals surface area contributed by atoms with E-state index in [0.29, 0.717) is 19.4 Å². The molecular formula is C5H10BNO4. The summed E-state index contributed by atoms with van der Waals surface area (Å²) in [5, 5.41) is 25.9. The lowest BCUT2D eigenvalue weighted by Gasteiger charge is -2.18. The van der Waals surface area contributed by atoms with Gasteiger partial charge in [-0.15, -0.1) is 0 Å². The molecule has 3 N–H and O–H groups in total. The second-order valence-corrected chi connectivity index (χ2v) is 2.58. The highest BCUT2D eigenvalue weighted by Gasteiger charge is 2.36. The van der Waals surface area contributed by atoms with E-state index in [1.165, 1.54) is 0 Å². The zero-order valence-corrected chi connectivity index (χ0v) is 5.97. The van der Waals surface area contributed by atoms with Crippen molar-refractivity contribution in [2.24, 2.45) is 0 Å². The van der Waals surface area contributed by atoms with Gasteiger partial charge in [0.1, 0.15) is 6.04 Å². The van der Waals surface area contributed by atoms with Crippen LogP contribution in [-0.4, -0.2) is 45.8 Å². The third-order valence-electron chi connectivity index (χ3n) is 1.88. The first-order valence-corrected chi connectivity index (χ1v) is 3.47. The molecule has 0 saturated carbocycles. The first kappa shape index (κ1) is 8.51. The standard InChI is InChI=1S/C5H10BNO4/c8-5(9)4-2-1-3-7(4)6(10)11/h4,10-11H,1-3H2,(H,8,9)/t4-/m0/s1. The van der Waals surface area contributed by atoms with Gasteiger partial charge in [-0.25, -0.2) is 0 Å². The van der Waals surface area contributed by atoms with Crippen molar-refractivity contribution in [2.45, 2.75) is 18.9 Å². The largest absolute Gasteiger partial charge is 0.552 e. The minimum atomic E-state index is -1.64. The monoisotopic (exact) mass is 159 g/mol. The van der Waals surface area contributed by atoms with Gasteiger partial charge in [0.2, 0.25) is 0 Å². The van der Waals surface area contributed by atoms with E-state index in [2.05, 4.69) is 0 Å². The smallest absolute Gasteiger partial charge is 0.480 e. The molecule has 1 heterocycles. The molecule has 11 heavy (non-hydrogen) atoms. The maximum atomic E-state index is 10.5. The molecule has 0 radical (unpaired) electrons. The van der Waals surface area contributed by atoms with Crippen molar-refractivity contribution in [1.29, 1.82) is 0 Å². The summed E-state index contributed by atoms with van der Waals surface area (Å²) in [6.45, 7) is 0.439. The van der Waals surface area contributed by atoms with Crippen molar-refractivity contribution in [3.8, 4) is 0 Å². The lowest BCUT2D eigenvalue weighted by Crippen LogP contribution is -2.46. The summed E-state index contributed by atoms with van der Waals surface area (Å²) in [4.78, 5) is 11.6. The highest BCUT2D eigenvalue weighted by Crippen LogP contribution is 2.16. The van der Waals surface area contributed by atoms with Crippen molar-refractivity contribution in [1.82, 2.24) is 4.81 Å². The molecule has 1 fully saturated rings. The molecule has 1 saturated heterocycles. The van der Waals surface area contributed by atoms with Gasteiger partial charge in [-0.05, 0) is 19.4 Å². The van der Waals surface area contributed by atoms with Crippen molar-refractivity contribution >= 4 is 13.2 Å². The molecule has 5 nitrogen and oxygen atoms in total. The number of carbonyl (C=O) groups is 1. The SMILES string of the molecule is O=C(O)[C@@H]1CCCN1B(O)O. The third kappa shape index (κ3) is 1.71. The molecule has 0 aromatic carbocycles. The Morgan fingerprint density at radius 3 is 2.55 bits per heavy atom. The minimum absolute atomic E-state index is 0.439. The Labute approximate surface area is 64.4 Å². The van der Waals surface area contributed by atoms with Gasteiger partial charge in [0.15, 0.2) is 0 Å². The number of rotatable bonds is 2. The quantitative estimate of drug-likeness (QED) is 0.427. The zero-order valence-electron chi connectivity index (χ0n) is 5.97. The molecule has 1 atom stereocenters. The van der Waals surface area contributed by atoms with Gasteiger partial charge in [-0.2, -0.15) is 0 Å². The highest BCUT2D eigenvalue weighted by atomic mass is 16.4. The van der Waals surface area contributed by atoms with Gasteiger partial charge >= 0.3 is 13.2 Å². The molecule has 0 aromatic heterocycles. The van der Waals surface area contributed by atoms with Gasteiger partial charge in [-0.3, -0.25) is 9.61 Å². The van der Waals surface area contributed by atoms with Crippen molar-refractivity contribution in [3.63, 3.8) is 0 Å². The number of hydrogen-bond donors (Lipinski definition) is 3. The van der Waals surface area contributed by atoms with E-state index in [1.54, 1.807) is 0 Å². The third-order valence-corrected chi connectivity index (χ3v) is 1.88. The summed E-state index contributed by atoms with van der Waals surface area (Å²) in [6.07, 6.45) is 1.20. The van der Waals surface area contributed by atoms with E-state index < -0.39 is 19.3 Å². The molecule has 0 amide bonds. The second-order valence-electron chi connectivity index (χ2n) is 2.58. The van der Waals surface area contributed by atoms with E-state index in [1.807, 2.05) is 0 Å². The first-order chi connectivity index (χ1) is 5.13. The molecule has 0 aromatic rings. The van der Waals surface area contributed by atoms with Gasteiger partial charge in [0, 0.05) is 0 Å². The molecule has 1 aliphatic rings. The van der Waals surface area contributed by atoms with Crippen LogP contribution in [0.3, 0.4) is 0 Å². The van der Waals surface area contributed by atoms with E-state index in [4.69, 9.17) is 15.2 Å². The Bertz CT molecular complexity index is 163. The summed E-state index contributed by atoms with van der Waals surface area (Å²) in [5.74, 6) is -0.990. The molecule has 6 heteroatoms. The summed E-state index contributed by atoms with van der Waals surface area (Å²) in [6, 6.07) is -0.727. The average Bonchev–Trinajstić information content (AvgIpc) is 2.32. The number of aliphatic carboxylic acids is 1.